The maximum Gasteiger partial charge on any atom is 0.416 e. The summed E-state index contributed by atoms with van der Waals surface area (Å²) in [6, 6.07) is 1.05. The predicted molar refractivity (Wildman–Crippen MR) is 72.2 cm³/mol. The molecule has 0 saturated carbocycles. The van der Waals surface area contributed by atoms with Gasteiger partial charge in [-0.15, -0.1) is 0 Å². The number of hydrogen-bond acceptors (Lipinski definition) is 3. The second kappa shape index (κ2) is 6.13. The third kappa shape index (κ3) is 3.26. The number of alkyl halides is 3. The lowest BCUT2D eigenvalue weighted by molar-refractivity contribution is -0.137. The monoisotopic (exact) mass is 340 g/mol. The Balaban J connectivity index is 2.45. The van der Waals surface area contributed by atoms with Crippen molar-refractivity contribution < 1.29 is 26.0 Å². The second-order valence-electron chi connectivity index (χ2n) is 5.11. The first kappa shape index (κ1) is 17.2. The van der Waals surface area contributed by atoms with Crippen molar-refractivity contribution in [2.75, 3.05) is 20.1 Å². The number of halogens is 4. The van der Waals surface area contributed by atoms with E-state index in [2.05, 4.69) is 5.32 Å². The van der Waals surface area contributed by atoms with Crippen molar-refractivity contribution >= 4 is 10.0 Å². The van der Waals surface area contributed by atoms with Crippen LogP contribution in [0.5, 0.6) is 0 Å². The lowest BCUT2D eigenvalue weighted by atomic mass is 10.2. The first-order valence-corrected chi connectivity index (χ1v) is 8.15. The molecule has 0 amide bonds. The Hall–Kier alpha value is -1.19. The van der Waals surface area contributed by atoms with Crippen LogP contribution in [0.15, 0.2) is 23.1 Å². The maximum atomic E-state index is 13.8. The summed E-state index contributed by atoms with van der Waals surface area (Å²) in [5, 5.41) is 2.83. The van der Waals surface area contributed by atoms with Crippen LogP contribution in [0.25, 0.3) is 0 Å². The molecule has 1 aromatic carbocycles. The van der Waals surface area contributed by atoms with Gasteiger partial charge in [-0.25, -0.2) is 12.8 Å². The molecule has 1 heterocycles. The van der Waals surface area contributed by atoms with E-state index in [-0.39, 0.29) is 12.6 Å². The minimum Gasteiger partial charge on any atom is -0.318 e. The lowest BCUT2D eigenvalue weighted by Crippen LogP contribution is -2.41. The molecule has 22 heavy (non-hydrogen) atoms. The minimum absolute atomic E-state index is 0.171. The van der Waals surface area contributed by atoms with Crippen molar-refractivity contribution in [1.29, 1.82) is 0 Å². The van der Waals surface area contributed by atoms with Crippen molar-refractivity contribution in [2.45, 2.75) is 30.0 Å². The van der Waals surface area contributed by atoms with Gasteiger partial charge in [-0.3, -0.25) is 0 Å². The summed E-state index contributed by atoms with van der Waals surface area (Å²) in [5.74, 6) is -1.18. The smallest absolute Gasteiger partial charge is 0.318 e. The molecule has 0 bridgehead atoms. The Labute approximate surface area is 126 Å². The van der Waals surface area contributed by atoms with E-state index in [1.165, 1.54) is 0 Å². The molecule has 0 aromatic heterocycles. The van der Waals surface area contributed by atoms with E-state index in [9.17, 15) is 26.0 Å². The Morgan fingerprint density at radius 3 is 2.64 bits per heavy atom. The molecule has 1 aromatic rings. The Morgan fingerprint density at radius 1 is 1.36 bits per heavy atom. The summed E-state index contributed by atoms with van der Waals surface area (Å²) in [6.45, 7) is 0.532. The van der Waals surface area contributed by atoms with Crippen LogP contribution in [0.4, 0.5) is 17.6 Å². The van der Waals surface area contributed by atoms with Crippen molar-refractivity contribution in [1.82, 2.24) is 9.62 Å². The van der Waals surface area contributed by atoms with E-state index < -0.39 is 32.5 Å². The Kier molecular flexibility index (Phi) is 4.78. The lowest BCUT2D eigenvalue weighted by Gasteiger charge is -2.24. The van der Waals surface area contributed by atoms with Crippen molar-refractivity contribution in [2.24, 2.45) is 0 Å². The van der Waals surface area contributed by atoms with E-state index in [0.29, 0.717) is 37.6 Å². The molecule has 0 aliphatic carbocycles. The highest BCUT2D eigenvalue weighted by Gasteiger charge is 2.38. The molecule has 1 aliphatic heterocycles. The van der Waals surface area contributed by atoms with Gasteiger partial charge < -0.3 is 5.32 Å². The number of likely N-dealkylation sites (N-methyl/N-ethyl adjacent to an activating group) is 1. The zero-order valence-corrected chi connectivity index (χ0v) is 12.6. The summed E-state index contributed by atoms with van der Waals surface area (Å²) in [7, 11) is -2.66. The normalized spacial score (nSPS) is 20.5. The van der Waals surface area contributed by atoms with Gasteiger partial charge in [-0.2, -0.15) is 17.5 Å². The summed E-state index contributed by atoms with van der Waals surface area (Å²) in [6.07, 6.45) is -3.56. The van der Waals surface area contributed by atoms with E-state index in [4.69, 9.17) is 0 Å². The third-order valence-electron chi connectivity index (χ3n) is 3.61. The molecule has 1 saturated heterocycles. The van der Waals surface area contributed by atoms with Gasteiger partial charge in [0.15, 0.2) is 0 Å². The fourth-order valence-corrected chi connectivity index (χ4v) is 4.35. The van der Waals surface area contributed by atoms with Crippen LogP contribution in [0.1, 0.15) is 18.4 Å². The highest BCUT2D eigenvalue weighted by Crippen LogP contribution is 2.33. The molecule has 1 fully saturated rings. The molecule has 0 radical (unpaired) electrons. The van der Waals surface area contributed by atoms with Gasteiger partial charge in [0.2, 0.25) is 10.0 Å². The zero-order valence-electron chi connectivity index (χ0n) is 11.8. The number of benzene rings is 1. The first-order chi connectivity index (χ1) is 10.2. The van der Waals surface area contributed by atoms with E-state index in [1.807, 2.05) is 0 Å². The summed E-state index contributed by atoms with van der Waals surface area (Å²) in [4.78, 5) is -0.926. The van der Waals surface area contributed by atoms with Gasteiger partial charge in [0.1, 0.15) is 10.7 Å². The van der Waals surface area contributed by atoms with Gasteiger partial charge >= 0.3 is 6.18 Å². The molecule has 2 rings (SSSR count). The highest BCUT2D eigenvalue weighted by molar-refractivity contribution is 7.89. The van der Waals surface area contributed by atoms with Crippen molar-refractivity contribution in [3.63, 3.8) is 0 Å². The third-order valence-corrected chi connectivity index (χ3v) is 5.57. The van der Waals surface area contributed by atoms with Crippen molar-refractivity contribution in [3.8, 4) is 0 Å². The predicted octanol–water partition coefficient (Wildman–Crippen LogP) is 2.22. The minimum atomic E-state index is -4.73. The molecule has 1 N–H and O–H groups in total. The Bertz CT molecular complexity index is 646. The molecule has 1 atom stereocenters. The molecule has 124 valence electrons. The van der Waals surface area contributed by atoms with Crippen LogP contribution in [-0.4, -0.2) is 38.9 Å². The van der Waals surface area contributed by atoms with Crippen LogP contribution >= 0.6 is 0 Å². The molecular weight excluding hydrogens is 324 g/mol. The van der Waals surface area contributed by atoms with Gasteiger partial charge in [0.05, 0.1) is 5.56 Å². The first-order valence-electron chi connectivity index (χ1n) is 6.71. The molecule has 0 unspecified atom stereocenters. The summed E-state index contributed by atoms with van der Waals surface area (Å²) >= 11 is 0. The van der Waals surface area contributed by atoms with Crippen LogP contribution in [0.2, 0.25) is 0 Å². The average molecular weight is 340 g/mol. The largest absolute Gasteiger partial charge is 0.416 e. The molecule has 4 nitrogen and oxygen atoms in total. The van der Waals surface area contributed by atoms with Crippen LogP contribution in [0.3, 0.4) is 0 Å². The number of nitrogens with zero attached hydrogens (tertiary/aromatic N) is 1. The maximum absolute atomic E-state index is 13.8. The van der Waals surface area contributed by atoms with Gasteiger partial charge in [0.25, 0.3) is 0 Å². The zero-order chi connectivity index (χ0) is 16.5. The molecule has 9 heteroatoms. The van der Waals surface area contributed by atoms with Crippen molar-refractivity contribution in [3.05, 3.63) is 29.6 Å². The fourth-order valence-electron chi connectivity index (χ4n) is 2.57. The average Bonchev–Trinajstić information content (AvgIpc) is 2.87. The number of sulfonamides is 1. The Morgan fingerprint density at radius 2 is 2.05 bits per heavy atom. The SMILES string of the molecule is CNC[C@H]1CCCN1S(=O)(=O)c1cc(C(F)(F)F)ccc1F. The van der Waals surface area contributed by atoms with Crippen LogP contribution < -0.4 is 5.32 Å². The number of hydrogen-bond donors (Lipinski definition) is 1. The standard InChI is InChI=1S/C13H16F4N2O2S/c1-18-8-10-3-2-6-19(10)22(20,21)12-7-9(13(15,16)17)4-5-11(12)14/h4-5,7,10,18H,2-3,6,8H2,1H3/t10-/m1/s1. The fraction of sp³-hybridized carbons (Fsp3) is 0.538. The van der Waals surface area contributed by atoms with Gasteiger partial charge in [-0.1, -0.05) is 0 Å². The topological polar surface area (TPSA) is 49.4 Å². The summed E-state index contributed by atoms with van der Waals surface area (Å²) in [5.41, 5.74) is -1.18. The number of nitrogens with one attached hydrogen (secondary N) is 1. The quantitative estimate of drug-likeness (QED) is 0.855. The summed E-state index contributed by atoms with van der Waals surface area (Å²) < 4.78 is 78.1. The highest BCUT2D eigenvalue weighted by atomic mass is 32.2. The van der Waals surface area contributed by atoms with Crippen LogP contribution in [-0.2, 0) is 16.2 Å². The van der Waals surface area contributed by atoms with E-state index >= 15 is 0 Å². The molecular formula is C13H16F4N2O2S. The second-order valence-corrected chi connectivity index (χ2v) is 6.97. The van der Waals surface area contributed by atoms with E-state index in [1.54, 1.807) is 7.05 Å². The number of rotatable bonds is 4. The molecule has 0 spiro atoms. The van der Waals surface area contributed by atoms with Gasteiger partial charge in [-0.05, 0) is 38.1 Å². The van der Waals surface area contributed by atoms with Crippen LogP contribution in [0, 0.1) is 5.82 Å². The van der Waals surface area contributed by atoms with Gasteiger partial charge in [0, 0.05) is 19.1 Å². The van der Waals surface area contributed by atoms with E-state index in [0.717, 1.165) is 4.31 Å². The molecule has 1 aliphatic rings.